The van der Waals surface area contributed by atoms with Gasteiger partial charge in [-0.05, 0) is 74.5 Å². The summed E-state index contributed by atoms with van der Waals surface area (Å²) in [5.41, 5.74) is 3.62. The van der Waals surface area contributed by atoms with Crippen LogP contribution in [-0.2, 0) is 10.0 Å². The van der Waals surface area contributed by atoms with Crippen molar-refractivity contribution in [2.24, 2.45) is 0 Å². The molecule has 1 amide bonds. The van der Waals surface area contributed by atoms with Crippen molar-refractivity contribution in [1.82, 2.24) is 14.2 Å². The first-order chi connectivity index (χ1) is 17.7. The Morgan fingerprint density at radius 1 is 0.973 bits per heavy atom. The first-order valence-electron chi connectivity index (χ1n) is 12.4. The van der Waals surface area contributed by atoms with Gasteiger partial charge in [0.2, 0.25) is 10.0 Å². The van der Waals surface area contributed by atoms with Crippen LogP contribution in [0.5, 0.6) is 0 Å². The SMILES string of the molecule is C=CCN(CC=C)S(=O)(=O)c1ccc(C(=O)N(CCN(CC)CC)c2nc3cc(C)c(C)cc3s2)cc1. The number of thiazole rings is 1. The summed E-state index contributed by atoms with van der Waals surface area (Å²) in [6.45, 7) is 18.9. The van der Waals surface area contributed by atoms with Crippen LogP contribution in [0.1, 0.15) is 35.3 Å². The molecule has 0 atom stereocenters. The average molecular weight is 541 g/mol. The number of benzene rings is 2. The van der Waals surface area contributed by atoms with Crippen LogP contribution in [0.3, 0.4) is 0 Å². The second-order valence-corrected chi connectivity index (χ2v) is 11.8. The molecule has 0 radical (unpaired) electrons. The minimum absolute atomic E-state index is 0.119. The van der Waals surface area contributed by atoms with E-state index in [0.717, 1.165) is 28.9 Å². The second kappa shape index (κ2) is 12.6. The monoisotopic (exact) mass is 540 g/mol. The van der Waals surface area contributed by atoms with E-state index in [-0.39, 0.29) is 23.9 Å². The molecule has 0 N–H and O–H groups in total. The Hall–Kier alpha value is -2.85. The van der Waals surface area contributed by atoms with Gasteiger partial charge in [-0.3, -0.25) is 9.69 Å². The lowest BCUT2D eigenvalue weighted by atomic mass is 10.1. The van der Waals surface area contributed by atoms with Crippen LogP contribution < -0.4 is 4.90 Å². The van der Waals surface area contributed by atoms with E-state index in [1.807, 2.05) is 0 Å². The van der Waals surface area contributed by atoms with Crippen molar-refractivity contribution in [2.45, 2.75) is 32.6 Å². The first-order valence-corrected chi connectivity index (χ1v) is 14.7. The molecule has 9 heteroatoms. The number of hydrogen-bond acceptors (Lipinski definition) is 6. The lowest BCUT2D eigenvalue weighted by Crippen LogP contribution is -2.39. The van der Waals surface area contributed by atoms with E-state index in [1.165, 1.54) is 45.5 Å². The van der Waals surface area contributed by atoms with Gasteiger partial charge in [0.05, 0.1) is 15.1 Å². The van der Waals surface area contributed by atoms with Crippen molar-refractivity contribution in [3.05, 3.63) is 78.4 Å². The summed E-state index contributed by atoms with van der Waals surface area (Å²) in [5, 5.41) is 0.636. The summed E-state index contributed by atoms with van der Waals surface area (Å²) in [4.78, 5) is 22.6. The predicted molar refractivity (Wildman–Crippen MR) is 154 cm³/mol. The fourth-order valence-electron chi connectivity index (χ4n) is 3.98. The summed E-state index contributed by atoms with van der Waals surface area (Å²) in [7, 11) is -3.75. The number of hydrogen-bond donors (Lipinski definition) is 0. The topological polar surface area (TPSA) is 73.8 Å². The van der Waals surface area contributed by atoms with E-state index in [4.69, 9.17) is 4.98 Å². The average Bonchev–Trinajstić information content (AvgIpc) is 3.28. The number of rotatable bonds is 13. The number of aromatic nitrogens is 1. The van der Waals surface area contributed by atoms with Gasteiger partial charge in [-0.25, -0.2) is 13.4 Å². The Balaban J connectivity index is 1.96. The minimum atomic E-state index is -3.75. The largest absolute Gasteiger partial charge is 0.302 e. The maximum Gasteiger partial charge on any atom is 0.260 e. The van der Waals surface area contributed by atoms with Crippen LogP contribution >= 0.6 is 11.3 Å². The van der Waals surface area contributed by atoms with Crippen LogP contribution in [0.2, 0.25) is 0 Å². The molecule has 3 rings (SSSR count). The summed E-state index contributed by atoms with van der Waals surface area (Å²) in [5.74, 6) is -0.211. The molecule has 0 aliphatic rings. The maximum absolute atomic E-state index is 13.7. The second-order valence-electron chi connectivity index (χ2n) is 8.81. The van der Waals surface area contributed by atoms with E-state index >= 15 is 0 Å². The van der Waals surface area contributed by atoms with Gasteiger partial charge < -0.3 is 4.90 Å². The lowest BCUT2D eigenvalue weighted by molar-refractivity contribution is 0.0983. The Morgan fingerprint density at radius 2 is 1.57 bits per heavy atom. The third-order valence-electron chi connectivity index (χ3n) is 6.41. The molecule has 0 fully saturated rings. The number of anilines is 1. The molecule has 7 nitrogen and oxygen atoms in total. The molecule has 0 spiro atoms. The van der Waals surface area contributed by atoms with Crippen molar-refractivity contribution in [1.29, 1.82) is 0 Å². The van der Waals surface area contributed by atoms with E-state index in [2.05, 4.69) is 57.9 Å². The summed E-state index contributed by atoms with van der Waals surface area (Å²) in [6.07, 6.45) is 3.07. The van der Waals surface area contributed by atoms with Gasteiger partial charge in [0.25, 0.3) is 5.91 Å². The zero-order chi connectivity index (χ0) is 27.2. The van der Waals surface area contributed by atoms with Gasteiger partial charge in [0.15, 0.2) is 5.13 Å². The highest BCUT2D eigenvalue weighted by Gasteiger charge is 2.25. The Morgan fingerprint density at radius 3 is 2.14 bits per heavy atom. The molecule has 0 unspecified atom stereocenters. The van der Waals surface area contributed by atoms with Gasteiger partial charge in [-0.1, -0.05) is 37.3 Å². The van der Waals surface area contributed by atoms with E-state index in [0.29, 0.717) is 23.8 Å². The summed E-state index contributed by atoms with van der Waals surface area (Å²) >= 11 is 1.49. The molecule has 0 bridgehead atoms. The highest BCUT2D eigenvalue weighted by Crippen LogP contribution is 2.32. The standard InChI is InChI=1S/C28H36N4O3S2/c1-7-15-31(16-8-2)37(34,35)24-13-11-23(12-14-24)27(33)32(18-17-30(9-3)10-4)28-29-25-19-21(5)22(6)20-26(25)36-28/h7-8,11-14,19-20H,1-2,9-10,15-18H2,3-6H3. The molecular weight excluding hydrogens is 504 g/mol. The van der Waals surface area contributed by atoms with Crippen molar-refractivity contribution >= 4 is 42.6 Å². The lowest BCUT2D eigenvalue weighted by Gasteiger charge is -2.25. The highest BCUT2D eigenvalue weighted by molar-refractivity contribution is 7.89. The number of aryl methyl sites for hydroxylation is 2. The first kappa shape index (κ1) is 28.7. The molecule has 1 aromatic heterocycles. The zero-order valence-electron chi connectivity index (χ0n) is 22.1. The summed E-state index contributed by atoms with van der Waals surface area (Å²) < 4.78 is 28.5. The van der Waals surface area contributed by atoms with Crippen molar-refractivity contribution < 1.29 is 13.2 Å². The normalized spacial score (nSPS) is 11.8. The Labute approximate surface area is 224 Å². The molecule has 3 aromatic rings. The van der Waals surface area contributed by atoms with E-state index < -0.39 is 10.0 Å². The third kappa shape index (κ3) is 6.54. The zero-order valence-corrected chi connectivity index (χ0v) is 23.7. The quantitative estimate of drug-likeness (QED) is 0.276. The van der Waals surface area contributed by atoms with Crippen LogP contribution in [-0.4, -0.2) is 67.8 Å². The number of nitrogens with zero attached hydrogens (tertiary/aromatic N) is 4. The molecule has 1 heterocycles. The van der Waals surface area contributed by atoms with Crippen LogP contribution in [0.4, 0.5) is 5.13 Å². The van der Waals surface area contributed by atoms with Gasteiger partial charge >= 0.3 is 0 Å². The Bertz CT molecular complexity index is 1310. The molecular formula is C28H36N4O3S2. The molecule has 37 heavy (non-hydrogen) atoms. The van der Waals surface area contributed by atoms with Crippen molar-refractivity contribution in [2.75, 3.05) is 44.2 Å². The van der Waals surface area contributed by atoms with Crippen LogP contribution in [0.15, 0.2) is 66.6 Å². The fourth-order valence-corrected chi connectivity index (χ4v) is 6.43. The van der Waals surface area contributed by atoms with Gasteiger partial charge in [0, 0.05) is 31.7 Å². The number of carbonyl (C=O) groups is 1. The predicted octanol–water partition coefficient (Wildman–Crippen LogP) is 5.26. The maximum atomic E-state index is 13.7. The van der Waals surface area contributed by atoms with Gasteiger partial charge in [0.1, 0.15) is 0 Å². The number of amides is 1. The van der Waals surface area contributed by atoms with E-state index in [9.17, 15) is 13.2 Å². The number of sulfonamides is 1. The molecule has 0 aliphatic heterocycles. The molecule has 0 saturated heterocycles. The highest BCUT2D eigenvalue weighted by atomic mass is 32.2. The smallest absolute Gasteiger partial charge is 0.260 e. The van der Waals surface area contributed by atoms with E-state index in [1.54, 1.807) is 17.0 Å². The number of fused-ring (bicyclic) bond motifs is 1. The minimum Gasteiger partial charge on any atom is -0.302 e. The number of carbonyl (C=O) groups excluding carboxylic acids is 1. The number of likely N-dealkylation sites (N-methyl/N-ethyl adjacent to an activating group) is 1. The summed E-state index contributed by atoms with van der Waals surface area (Å²) in [6, 6.07) is 10.3. The Kier molecular flexibility index (Phi) is 9.78. The third-order valence-corrected chi connectivity index (χ3v) is 9.29. The van der Waals surface area contributed by atoms with Gasteiger partial charge in [-0.15, -0.1) is 13.2 Å². The fraction of sp³-hybridized carbons (Fsp3) is 0.357. The molecule has 2 aromatic carbocycles. The molecule has 198 valence electrons. The van der Waals surface area contributed by atoms with Gasteiger partial charge in [-0.2, -0.15) is 4.31 Å². The van der Waals surface area contributed by atoms with Crippen LogP contribution in [0, 0.1) is 13.8 Å². The molecule has 0 saturated carbocycles. The van der Waals surface area contributed by atoms with Crippen LogP contribution in [0.25, 0.3) is 10.2 Å². The van der Waals surface area contributed by atoms with Crippen molar-refractivity contribution in [3.8, 4) is 0 Å². The van der Waals surface area contributed by atoms with Crippen molar-refractivity contribution in [3.63, 3.8) is 0 Å². The molecule has 0 aliphatic carbocycles.